The predicted octanol–water partition coefficient (Wildman–Crippen LogP) is 2.59. The van der Waals surface area contributed by atoms with Gasteiger partial charge in [0, 0.05) is 35.4 Å². The second-order valence-corrected chi connectivity index (χ2v) is 5.62. The van der Waals surface area contributed by atoms with Crippen LogP contribution in [0.1, 0.15) is 12.8 Å². The molecule has 2 aromatic rings. The molecule has 0 saturated carbocycles. The average Bonchev–Trinajstić information content (AvgIpc) is 2.46. The summed E-state index contributed by atoms with van der Waals surface area (Å²) < 4.78 is 0. The lowest BCUT2D eigenvalue weighted by Crippen LogP contribution is -2.41. The van der Waals surface area contributed by atoms with E-state index in [1.54, 1.807) is 6.20 Å². The average molecular weight is 290 g/mol. The Kier molecular flexibility index (Phi) is 3.49. The summed E-state index contributed by atoms with van der Waals surface area (Å²) in [6, 6.07) is 7.69. The summed E-state index contributed by atoms with van der Waals surface area (Å²) in [5.74, 6) is -0.282. The molecule has 20 heavy (non-hydrogen) atoms. The number of halogens is 1. The lowest BCUT2D eigenvalue weighted by atomic mass is 9.96. The molecule has 1 aliphatic heterocycles. The first-order valence-corrected chi connectivity index (χ1v) is 7.11. The largest absolute Gasteiger partial charge is 0.370 e. The van der Waals surface area contributed by atoms with Crippen molar-refractivity contribution in [1.82, 2.24) is 4.98 Å². The molecule has 0 bridgehead atoms. The summed E-state index contributed by atoms with van der Waals surface area (Å²) >= 11 is 6.01. The Balaban J connectivity index is 1.99. The van der Waals surface area contributed by atoms with Crippen molar-refractivity contribution in [2.45, 2.75) is 12.8 Å². The highest BCUT2D eigenvalue weighted by Crippen LogP contribution is 2.30. The minimum Gasteiger partial charge on any atom is -0.370 e. The Bertz CT molecular complexity index is 659. The SMILES string of the molecule is NC(=O)C1CCCN(c2ccnc3cc(Cl)ccc23)C1. The number of pyridine rings is 1. The van der Waals surface area contributed by atoms with Crippen molar-refractivity contribution in [2.75, 3.05) is 18.0 Å². The van der Waals surface area contributed by atoms with Crippen LogP contribution in [0.2, 0.25) is 5.02 Å². The summed E-state index contributed by atoms with van der Waals surface area (Å²) in [5.41, 5.74) is 7.41. The first-order chi connectivity index (χ1) is 9.65. The molecule has 1 amide bonds. The summed E-state index contributed by atoms with van der Waals surface area (Å²) in [4.78, 5) is 18.0. The summed E-state index contributed by atoms with van der Waals surface area (Å²) in [7, 11) is 0. The summed E-state index contributed by atoms with van der Waals surface area (Å²) in [6.07, 6.45) is 3.63. The molecule has 4 nitrogen and oxygen atoms in total. The minimum absolute atomic E-state index is 0.0701. The van der Waals surface area contributed by atoms with Gasteiger partial charge >= 0.3 is 0 Å². The third kappa shape index (κ3) is 2.43. The van der Waals surface area contributed by atoms with E-state index in [1.165, 1.54) is 0 Å². The van der Waals surface area contributed by atoms with E-state index in [-0.39, 0.29) is 11.8 Å². The number of piperidine rings is 1. The van der Waals surface area contributed by atoms with Gasteiger partial charge in [0.25, 0.3) is 0 Å². The molecule has 0 aliphatic carbocycles. The van der Waals surface area contributed by atoms with Crippen LogP contribution in [-0.4, -0.2) is 24.0 Å². The fourth-order valence-electron chi connectivity index (χ4n) is 2.81. The zero-order chi connectivity index (χ0) is 14.1. The number of carbonyl (C=O) groups is 1. The van der Waals surface area contributed by atoms with Gasteiger partial charge in [-0.2, -0.15) is 0 Å². The highest BCUT2D eigenvalue weighted by Gasteiger charge is 2.25. The van der Waals surface area contributed by atoms with E-state index in [4.69, 9.17) is 17.3 Å². The first-order valence-electron chi connectivity index (χ1n) is 6.73. The molecular weight excluding hydrogens is 274 g/mol. The number of amides is 1. The van der Waals surface area contributed by atoms with Crippen molar-refractivity contribution >= 4 is 34.1 Å². The van der Waals surface area contributed by atoms with Crippen LogP contribution in [0, 0.1) is 5.92 Å². The van der Waals surface area contributed by atoms with Gasteiger partial charge in [-0.15, -0.1) is 0 Å². The second kappa shape index (κ2) is 5.29. The third-order valence-corrected chi connectivity index (χ3v) is 4.08. The van der Waals surface area contributed by atoms with Gasteiger partial charge in [0.2, 0.25) is 5.91 Å². The number of nitrogens with zero attached hydrogens (tertiary/aromatic N) is 2. The topological polar surface area (TPSA) is 59.2 Å². The van der Waals surface area contributed by atoms with E-state index < -0.39 is 0 Å². The fraction of sp³-hybridized carbons (Fsp3) is 0.333. The van der Waals surface area contributed by atoms with Gasteiger partial charge in [-0.3, -0.25) is 9.78 Å². The maximum atomic E-state index is 11.4. The van der Waals surface area contributed by atoms with Crippen LogP contribution in [-0.2, 0) is 4.79 Å². The van der Waals surface area contributed by atoms with Gasteiger partial charge in [-0.25, -0.2) is 0 Å². The molecule has 1 unspecified atom stereocenters. The third-order valence-electron chi connectivity index (χ3n) is 3.85. The molecule has 104 valence electrons. The number of anilines is 1. The molecule has 5 heteroatoms. The molecule has 1 fully saturated rings. The molecule has 0 spiro atoms. The normalized spacial score (nSPS) is 19.2. The van der Waals surface area contributed by atoms with E-state index in [0.29, 0.717) is 11.6 Å². The Hall–Kier alpha value is -1.81. The van der Waals surface area contributed by atoms with Crippen LogP contribution in [0.4, 0.5) is 5.69 Å². The summed E-state index contributed by atoms with van der Waals surface area (Å²) in [6.45, 7) is 1.61. The zero-order valence-electron chi connectivity index (χ0n) is 11.1. The van der Waals surface area contributed by atoms with Crippen LogP contribution in [0.15, 0.2) is 30.5 Å². The van der Waals surface area contributed by atoms with Crippen molar-refractivity contribution in [3.05, 3.63) is 35.5 Å². The predicted molar refractivity (Wildman–Crippen MR) is 80.9 cm³/mol. The Morgan fingerprint density at radius 1 is 1.40 bits per heavy atom. The number of fused-ring (bicyclic) bond motifs is 1. The highest BCUT2D eigenvalue weighted by atomic mass is 35.5. The number of benzene rings is 1. The van der Waals surface area contributed by atoms with E-state index in [0.717, 1.165) is 36.0 Å². The van der Waals surface area contributed by atoms with Gasteiger partial charge < -0.3 is 10.6 Å². The van der Waals surface area contributed by atoms with Crippen LogP contribution >= 0.6 is 11.6 Å². The number of hydrogen-bond donors (Lipinski definition) is 1. The summed E-state index contributed by atoms with van der Waals surface area (Å²) in [5, 5.41) is 1.73. The van der Waals surface area contributed by atoms with E-state index >= 15 is 0 Å². The number of primary amides is 1. The van der Waals surface area contributed by atoms with Crippen LogP contribution < -0.4 is 10.6 Å². The lowest BCUT2D eigenvalue weighted by molar-refractivity contribution is -0.122. The molecule has 1 saturated heterocycles. The number of aromatic nitrogens is 1. The fourth-order valence-corrected chi connectivity index (χ4v) is 2.98. The number of nitrogens with two attached hydrogens (primary N) is 1. The van der Waals surface area contributed by atoms with Gasteiger partial charge in [0.15, 0.2) is 0 Å². The Labute approximate surface area is 122 Å². The standard InChI is InChI=1S/C15H16ClN3O/c16-11-3-4-12-13(8-11)18-6-5-14(12)19-7-1-2-10(9-19)15(17)20/h3-6,8,10H,1-2,7,9H2,(H2,17,20). The van der Waals surface area contributed by atoms with Crippen molar-refractivity contribution in [1.29, 1.82) is 0 Å². The van der Waals surface area contributed by atoms with Crippen molar-refractivity contribution < 1.29 is 4.79 Å². The molecule has 1 aromatic heterocycles. The monoisotopic (exact) mass is 289 g/mol. The van der Waals surface area contributed by atoms with Crippen molar-refractivity contribution in [2.24, 2.45) is 11.7 Å². The molecule has 1 atom stereocenters. The second-order valence-electron chi connectivity index (χ2n) is 5.18. The molecule has 1 aromatic carbocycles. The molecule has 2 N–H and O–H groups in total. The molecule has 2 heterocycles. The van der Waals surface area contributed by atoms with Crippen molar-refractivity contribution in [3.63, 3.8) is 0 Å². The van der Waals surface area contributed by atoms with Crippen molar-refractivity contribution in [3.8, 4) is 0 Å². The highest BCUT2D eigenvalue weighted by molar-refractivity contribution is 6.31. The Morgan fingerprint density at radius 2 is 2.25 bits per heavy atom. The van der Waals surface area contributed by atoms with Crippen LogP contribution in [0.3, 0.4) is 0 Å². The van der Waals surface area contributed by atoms with E-state index in [9.17, 15) is 4.79 Å². The zero-order valence-corrected chi connectivity index (χ0v) is 11.8. The molecule has 0 radical (unpaired) electrons. The molecular formula is C15H16ClN3O. The number of carbonyl (C=O) groups excluding carboxylic acids is 1. The number of rotatable bonds is 2. The van der Waals surface area contributed by atoms with Gasteiger partial charge in [0.1, 0.15) is 0 Å². The maximum Gasteiger partial charge on any atom is 0.222 e. The van der Waals surface area contributed by atoms with E-state index in [1.807, 2.05) is 24.3 Å². The first kappa shape index (κ1) is 13.2. The van der Waals surface area contributed by atoms with Crippen LogP contribution in [0.5, 0.6) is 0 Å². The molecule has 3 rings (SSSR count). The number of hydrogen-bond acceptors (Lipinski definition) is 3. The van der Waals surface area contributed by atoms with Crippen LogP contribution in [0.25, 0.3) is 10.9 Å². The van der Waals surface area contributed by atoms with E-state index in [2.05, 4.69) is 9.88 Å². The quantitative estimate of drug-likeness (QED) is 0.924. The minimum atomic E-state index is -0.212. The van der Waals surface area contributed by atoms with Gasteiger partial charge in [-0.1, -0.05) is 11.6 Å². The Morgan fingerprint density at radius 3 is 3.05 bits per heavy atom. The van der Waals surface area contributed by atoms with Gasteiger partial charge in [0.05, 0.1) is 11.4 Å². The molecule has 1 aliphatic rings. The van der Waals surface area contributed by atoms with Gasteiger partial charge in [-0.05, 0) is 37.1 Å². The lowest BCUT2D eigenvalue weighted by Gasteiger charge is -2.33. The smallest absolute Gasteiger partial charge is 0.222 e. The maximum absolute atomic E-state index is 11.4.